The Balaban J connectivity index is 2.86. The Kier molecular flexibility index (Phi) is 6.20. The van der Waals surface area contributed by atoms with Crippen LogP contribution in [0.1, 0.15) is 12.8 Å². The standard InChI is InChI=1S/C4H10O2S2/c5-3-1-2-4(6)8-7/h4-7H,1-3H2. The quantitative estimate of drug-likeness (QED) is 0.316. The van der Waals surface area contributed by atoms with Gasteiger partial charge in [0.05, 0.1) is 0 Å². The molecule has 0 aliphatic carbocycles. The number of aliphatic hydroxyl groups is 2. The minimum Gasteiger partial charge on any atom is -0.396 e. The molecule has 1 atom stereocenters. The van der Waals surface area contributed by atoms with Crippen LogP contribution in [0.2, 0.25) is 0 Å². The smallest absolute Gasteiger partial charge is 0.109 e. The Morgan fingerprint density at radius 2 is 2.25 bits per heavy atom. The van der Waals surface area contributed by atoms with E-state index < -0.39 is 5.44 Å². The van der Waals surface area contributed by atoms with Gasteiger partial charge < -0.3 is 10.2 Å². The van der Waals surface area contributed by atoms with Gasteiger partial charge >= 0.3 is 0 Å². The summed E-state index contributed by atoms with van der Waals surface area (Å²) < 4.78 is 0. The van der Waals surface area contributed by atoms with Gasteiger partial charge in [-0.2, -0.15) is 0 Å². The first-order valence-corrected chi connectivity index (χ1v) is 4.33. The topological polar surface area (TPSA) is 40.5 Å². The first kappa shape index (κ1) is 8.62. The Bertz CT molecular complexity index is 51.3. The normalized spacial score (nSPS) is 13.9. The maximum absolute atomic E-state index is 8.76. The summed E-state index contributed by atoms with van der Waals surface area (Å²) in [7, 11) is 1.10. The maximum atomic E-state index is 8.76. The lowest BCUT2D eigenvalue weighted by molar-refractivity contribution is 0.221. The minimum absolute atomic E-state index is 0.144. The van der Waals surface area contributed by atoms with Gasteiger partial charge in [0.25, 0.3) is 0 Å². The molecule has 0 bridgehead atoms. The fourth-order valence-electron chi connectivity index (χ4n) is 0.319. The number of hydrogen-bond acceptors (Lipinski definition) is 4. The van der Waals surface area contributed by atoms with Gasteiger partial charge in [-0.3, -0.25) is 0 Å². The summed E-state index contributed by atoms with van der Waals surface area (Å²) in [5.74, 6) is 0. The third-order valence-corrected chi connectivity index (χ3v) is 1.94. The van der Waals surface area contributed by atoms with Crippen molar-refractivity contribution in [1.29, 1.82) is 0 Å². The van der Waals surface area contributed by atoms with E-state index in [-0.39, 0.29) is 6.61 Å². The van der Waals surface area contributed by atoms with Gasteiger partial charge in [0.2, 0.25) is 0 Å². The summed E-state index contributed by atoms with van der Waals surface area (Å²) in [5.41, 5.74) is -0.425. The lowest BCUT2D eigenvalue weighted by Gasteiger charge is -2.02. The van der Waals surface area contributed by atoms with Gasteiger partial charge in [-0.25, -0.2) is 0 Å². The average Bonchev–Trinajstić information content (AvgIpc) is 1.83. The predicted molar refractivity (Wildman–Crippen MR) is 38.9 cm³/mol. The molecule has 0 aliphatic rings. The summed E-state index contributed by atoms with van der Waals surface area (Å²) in [6.07, 6.45) is 1.26. The molecule has 0 saturated carbocycles. The van der Waals surface area contributed by atoms with Crippen molar-refractivity contribution in [2.24, 2.45) is 0 Å². The predicted octanol–water partition coefficient (Wildman–Crippen LogP) is 0.655. The highest BCUT2D eigenvalue weighted by Crippen LogP contribution is 2.15. The molecule has 0 heterocycles. The van der Waals surface area contributed by atoms with Crippen molar-refractivity contribution in [2.45, 2.75) is 18.3 Å². The number of rotatable bonds is 4. The van der Waals surface area contributed by atoms with Crippen LogP contribution in [-0.2, 0) is 0 Å². The zero-order valence-electron chi connectivity index (χ0n) is 4.45. The summed E-state index contributed by atoms with van der Waals surface area (Å²) >= 11 is 3.77. The van der Waals surface area contributed by atoms with Crippen LogP contribution in [0.5, 0.6) is 0 Å². The van der Waals surface area contributed by atoms with E-state index in [0.29, 0.717) is 12.8 Å². The van der Waals surface area contributed by atoms with Crippen molar-refractivity contribution in [2.75, 3.05) is 6.61 Å². The molecule has 0 rings (SSSR count). The van der Waals surface area contributed by atoms with Crippen LogP contribution >= 0.6 is 22.5 Å². The number of hydrogen-bond donors (Lipinski definition) is 3. The third kappa shape index (κ3) is 4.77. The molecule has 0 aromatic heterocycles. The van der Waals surface area contributed by atoms with Crippen molar-refractivity contribution < 1.29 is 10.2 Å². The van der Waals surface area contributed by atoms with Crippen LogP contribution in [0.4, 0.5) is 0 Å². The van der Waals surface area contributed by atoms with Gasteiger partial charge in [-0.15, -0.1) is 11.7 Å². The molecule has 8 heavy (non-hydrogen) atoms. The van der Waals surface area contributed by atoms with E-state index in [1.165, 1.54) is 0 Å². The highest BCUT2D eigenvalue weighted by molar-refractivity contribution is 8.68. The zero-order valence-corrected chi connectivity index (χ0v) is 6.16. The van der Waals surface area contributed by atoms with Crippen LogP contribution in [0, 0.1) is 0 Å². The second-order valence-electron chi connectivity index (χ2n) is 1.43. The van der Waals surface area contributed by atoms with Crippen molar-refractivity contribution in [3.8, 4) is 0 Å². The van der Waals surface area contributed by atoms with Crippen LogP contribution in [0.15, 0.2) is 0 Å². The molecule has 0 aromatic rings. The molecule has 0 fully saturated rings. The maximum Gasteiger partial charge on any atom is 0.109 e. The summed E-state index contributed by atoms with van der Waals surface area (Å²) in [6, 6.07) is 0. The van der Waals surface area contributed by atoms with E-state index in [0.717, 1.165) is 10.8 Å². The van der Waals surface area contributed by atoms with Gasteiger partial charge in [0.1, 0.15) is 5.44 Å². The molecule has 0 saturated heterocycles. The summed E-state index contributed by atoms with van der Waals surface area (Å²) in [6.45, 7) is 0.144. The molecule has 4 heteroatoms. The SMILES string of the molecule is OCCCC(O)SS. The largest absolute Gasteiger partial charge is 0.396 e. The van der Waals surface area contributed by atoms with Gasteiger partial charge in [-0.05, 0) is 12.8 Å². The van der Waals surface area contributed by atoms with Crippen molar-refractivity contribution >= 4 is 22.5 Å². The Hall–Kier alpha value is 0.620. The van der Waals surface area contributed by atoms with Gasteiger partial charge in [-0.1, -0.05) is 10.8 Å². The summed E-state index contributed by atoms with van der Waals surface area (Å²) in [4.78, 5) is 0. The van der Waals surface area contributed by atoms with Crippen LogP contribution in [0.3, 0.4) is 0 Å². The lowest BCUT2D eigenvalue weighted by Crippen LogP contribution is -1.98. The highest BCUT2D eigenvalue weighted by Gasteiger charge is 1.98. The minimum atomic E-state index is -0.425. The van der Waals surface area contributed by atoms with E-state index in [9.17, 15) is 0 Å². The number of aliphatic hydroxyl groups excluding tert-OH is 2. The van der Waals surface area contributed by atoms with Crippen LogP contribution in [0.25, 0.3) is 0 Å². The fourth-order valence-corrected chi connectivity index (χ4v) is 0.907. The van der Waals surface area contributed by atoms with E-state index in [4.69, 9.17) is 10.2 Å². The first-order chi connectivity index (χ1) is 3.81. The molecule has 0 amide bonds. The van der Waals surface area contributed by atoms with Gasteiger partial charge in [0, 0.05) is 6.61 Å². The first-order valence-electron chi connectivity index (χ1n) is 2.40. The number of thiol groups is 1. The van der Waals surface area contributed by atoms with Crippen molar-refractivity contribution in [3.63, 3.8) is 0 Å². The molecule has 0 aliphatic heterocycles. The summed E-state index contributed by atoms with van der Waals surface area (Å²) in [5, 5.41) is 17.0. The molecule has 50 valence electrons. The molecule has 1 unspecified atom stereocenters. The highest BCUT2D eigenvalue weighted by atomic mass is 33.1. The molecule has 0 spiro atoms. The molecular weight excluding hydrogens is 144 g/mol. The Morgan fingerprint density at radius 1 is 1.62 bits per heavy atom. The Morgan fingerprint density at radius 3 is 2.62 bits per heavy atom. The Labute approximate surface area is 58.1 Å². The zero-order chi connectivity index (χ0) is 6.41. The van der Waals surface area contributed by atoms with Crippen LogP contribution in [-0.4, -0.2) is 22.3 Å². The second kappa shape index (κ2) is 5.75. The van der Waals surface area contributed by atoms with Gasteiger partial charge in [0.15, 0.2) is 0 Å². The fraction of sp³-hybridized carbons (Fsp3) is 1.00. The molecule has 2 N–H and O–H groups in total. The van der Waals surface area contributed by atoms with Crippen molar-refractivity contribution in [1.82, 2.24) is 0 Å². The van der Waals surface area contributed by atoms with Crippen LogP contribution < -0.4 is 0 Å². The second-order valence-corrected chi connectivity index (χ2v) is 2.81. The lowest BCUT2D eigenvalue weighted by atomic mass is 10.3. The van der Waals surface area contributed by atoms with E-state index in [2.05, 4.69) is 11.7 Å². The molecule has 0 aromatic carbocycles. The van der Waals surface area contributed by atoms with E-state index in [1.807, 2.05) is 0 Å². The van der Waals surface area contributed by atoms with E-state index >= 15 is 0 Å². The third-order valence-electron chi connectivity index (χ3n) is 0.731. The monoisotopic (exact) mass is 154 g/mol. The molecule has 2 nitrogen and oxygen atoms in total. The average molecular weight is 154 g/mol. The molecule has 0 radical (unpaired) electrons. The van der Waals surface area contributed by atoms with E-state index in [1.54, 1.807) is 0 Å². The van der Waals surface area contributed by atoms with Crippen molar-refractivity contribution in [3.05, 3.63) is 0 Å². The molecular formula is C4H10O2S2.